The number of H-pyrrole nitrogens is 1. The number of aryl methyl sites for hydroxylation is 2. The maximum Gasteiger partial charge on any atom is 0.126 e. The van der Waals surface area contributed by atoms with Gasteiger partial charge in [-0.2, -0.15) is 0 Å². The summed E-state index contributed by atoms with van der Waals surface area (Å²) in [7, 11) is 1.67. The summed E-state index contributed by atoms with van der Waals surface area (Å²) in [6.45, 7) is 3.96. The molecule has 0 saturated heterocycles. The molecule has 0 aliphatic carbocycles. The van der Waals surface area contributed by atoms with Gasteiger partial charge in [0.05, 0.1) is 18.3 Å². The molecule has 0 saturated carbocycles. The summed E-state index contributed by atoms with van der Waals surface area (Å²) in [5, 5.41) is 4.55. The van der Waals surface area contributed by atoms with Crippen LogP contribution in [0.5, 0.6) is 5.75 Å². The Morgan fingerprint density at radius 1 is 1.00 bits per heavy atom. The lowest BCUT2D eigenvalue weighted by atomic mass is 10.1. The highest BCUT2D eigenvalue weighted by atomic mass is 35.5. The van der Waals surface area contributed by atoms with Gasteiger partial charge in [-0.25, -0.2) is 9.97 Å². The summed E-state index contributed by atoms with van der Waals surface area (Å²) in [5.41, 5.74) is 5.95. The van der Waals surface area contributed by atoms with Crippen LogP contribution in [-0.2, 0) is 0 Å². The fourth-order valence-corrected chi connectivity index (χ4v) is 2.99. The summed E-state index contributed by atoms with van der Waals surface area (Å²) in [4.78, 5) is 12.5. The Morgan fingerprint density at radius 3 is 2.48 bits per heavy atom. The van der Waals surface area contributed by atoms with E-state index in [4.69, 9.17) is 4.74 Å². The van der Waals surface area contributed by atoms with Gasteiger partial charge in [-0.05, 0) is 56.3 Å². The quantitative estimate of drug-likeness (QED) is 0.549. The lowest BCUT2D eigenvalue weighted by Gasteiger charge is -2.12. The largest absolute Gasteiger partial charge is 0.497 e. The van der Waals surface area contributed by atoms with E-state index in [0.717, 1.165) is 50.6 Å². The number of ether oxygens (including phenoxy) is 1. The molecule has 0 aliphatic heterocycles. The normalized spacial score (nSPS) is 10.7. The second kappa shape index (κ2) is 6.61. The van der Waals surface area contributed by atoms with Gasteiger partial charge >= 0.3 is 0 Å². The third-order valence-electron chi connectivity index (χ3n) is 4.04. The number of nitrogens with zero attached hydrogens (tertiary/aromatic N) is 2. The van der Waals surface area contributed by atoms with Gasteiger partial charge < -0.3 is 15.0 Å². The predicted molar refractivity (Wildman–Crippen MR) is 104 cm³/mol. The highest BCUT2D eigenvalue weighted by Crippen LogP contribution is 2.32. The number of methoxy groups -OCH3 is 1. The van der Waals surface area contributed by atoms with Crippen molar-refractivity contribution in [2.45, 2.75) is 13.8 Å². The van der Waals surface area contributed by atoms with Crippen LogP contribution in [0.2, 0.25) is 0 Å². The maximum absolute atomic E-state index is 5.22. The van der Waals surface area contributed by atoms with E-state index in [0.29, 0.717) is 0 Å². The third kappa shape index (κ3) is 3.10. The van der Waals surface area contributed by atoms with Crippen molar-refractivity contribution >= 4 is 45.7 Å². The van der Waals surface area contributed by atoms with Crippen molar-refractivity contribution in [2.75, 3.05) is 12.4 Å². The smallest absolute Gasteiger partial charge is 0.126 e. The number of fused-ring (bicyclic) bond motifs is 3. The number of nitrogens with one attached hydrogen (secondary N) is 2. The summed E-state index contributed by atoms with van der Waals surface area (Å²) in [6, 6.07) is 14.0. The van der Waals surface area contributed by atoms with Crippen molar-refractivity contribution in [2.24, 2.45) is 0 Å². The monoisotopic (exact) mass is 354 g/mol. The molecule has 2 aromatic carbocycles. The number of hydrogen-bond acceptors (Lipinski definition) is 4. The molecule has 0 aliphatic rings. The van der Waals surface area contributed by atoms with Crippen LogP contribution in [0.15, 0.2) is 42.5 Å². The molecule has 0 fully saturated rings. The third-order valence-corrected chi connectivity index (χ3v) is 4.04. The molecule has 0 amide bonds. The molecule has 2 aromatic heterocycles. The van der Waals surface area contributed by atoms with Gasteiger partial charge in [0.15, 0.2) is 0 Å². The summed E-state index contributed by atoms with van der Waals surface area (Å²) >= 11 is 0. The number of pyridine rings is 1. The van der Waals surface area contributed by atoms with Crippen molar-refractivity contribution in [3.8, 4) is 5.75 Å². The van der Waals surface area contributed by atoms with Gasteiger partial charge in [-0.3, -0.25) is 0 Å². The fraction of sp³-hybridized carbons (Fsp3) is 0.158. The molecular weight excluding hydrogens is 336 g/mol. The topological polar surface area (TPSA) is 62.8 Å². The van der Waals surface area contributed by atoms with Crippen LogP contribution >= 0.6 is 12.4 Å². The van der Waals surface area contributed by atoms with Crippen LogP contribution in [0.25, 0.3) is 21.9 Å². The number of rotatable bonds is 3. The fourth-order valence-electron chi connectivity index (χ4n) is 2.99. The Kier molecular flexibility index (Phi) is 4.51. The van der Waals surface area contributed by atoms with Crippen molar-refractivity contribution in [3.05, 3.63) is 54.0 Å². The molecule has 0 spiro atoms. The Morgan fingerprint density at radius 2 is 1.76 bits per heavy atom. The molecule has 4 rings (SSSR count). The zero-order valence-corrected chi connectivity index (χ0v) is 15.1. The number of anilines is 2. The van der Waals surface area contributed by atoms with E-state index >= 15 is 0 Å². The molecule has 6 heteroatoms. The van der Waals surface area contributed by atoms with E-state index in [1.54, 1.807) is 7.11 Å². The lowest BCUT2D eigenvalue weighted by molar-refractivity contribution is 0.415. The van der Waals surface area contributed by atoms with E-state index in [-0.39, 0.29) is 12.4 Å². The van der Waals surface area contributed by atoms with E-state index in [1.807, 2.05) is 44.2 Å². The zero-order chi connectivity index (χ0) is 16.7. The van der Waals surface area contributed by atoms with Gasteiger partial charge in [-0.15, -0.1) is 12.4 Å². The highest BCUT2D eigenvalue weighted by molar-refractivity contribution is 6.10. The first-order valence-corrected chi connectivity index (χ1v) is 7.82. The van der Waals surface area contributed by atoms with Gasteiger partial charge in [0.1, 0.15) is 17.1 Å². The molecule has 0 unspecified atom stereocenters. The van der Waals surface area contributed by atoms with Crippen molar-refractivity contribution in [3.63, 3.8) is 0 Å². The maximum atomic E-state index is 5.22. The highest BCUT2D eigenvalue weighted by Gasteiger charge is 2.11. The van der Waals surface area contributed by atoms with E-state index in [9.17, 15) is 0 Å². The van der Waals surface area contributed by atoms with Gasteiger partial charge in [0.25, 0.3) is 0 Å². The minimum absolute atomic E-state index is 0. The minimum atomic E-state index is 0. The van der Waals surface area contributed by atoms with Gasteiger partial charge in [0, 0.05) is 22.3 Å². The average molecular weight is 355 g/mol. The van der Waals surface area contributed by atoms with Crippen LogP contribution in [0.1, 0.15) is 11.5 Å². The van der Waals surface area contributed by atoms with Crippen molar-refractivity contribution in [1.29, 1.82) is 0 Å². The lowest BCUT2D eigenvalue weighted by Crippen LogP contribution is -1.95. The van der Waals surface area contributed by atoms with E-state index < -0.39 is 0 Å². The molecule has 4 aromatic rings. The Bertz CT molecular complexity index is 1040. The van der Waals surface area contributed by atoms with Crippen LogP contribution in [-0.4, -0.2) is 22.1 Å². The number of hydrogen-bond donors (Lipinski definition) is 2. The summed E-state index contributed by atoms with van der Waals surface area (Å²) in [6.07, 6.45) is 0. The average Bonchev–Trinajstić information content (AvgIpc) is 2.95. The van der Waals surface area contributed by atoms with Crippen molar-refractivity contribution < 1.29 is 4.74 Å². The number of aromatic amines is 1. The van der Waals surface area contributed by atoms with Crippen LogP contribution in [0.4, 0.5) is 11.4 Å². The Labute approximate surface area is 151 Å². The molecular formula is C19H19ClN4O. The van der Waals surface area contributed by atoms with Gasteiger partial charge in [-0.1, -0.05) is 0 Å². The SMILES string of the molecule is COc1ccc(Nc2cc(C)[nH]c3ccc4nc(C)nc4c23)cc1.Cl. The molecule has 5 nitrogen and oxygen atoms in total. The Hall–Kier alpha value is -2.79. The molecule has 25 heavy (non-hydrogen) atoms. The first kappa shape index (κ1) is 17.0. The molecule has 0 bridgehead atoms. The number of imidazole rings is 1. The van der Waals surface area contributed by atoms with Crippen LogP contribution in [0, 0.1) is 13.8 Å². The minimum Gasteiger partial charge on any atom is -0.497 e. The molecule has 0 atom stereocenters. The zero-order valence-electron chi connectivity index (χ0n) is 14.3. The van der Waals surface area contributed by atoms with E-state index in [2.05, 4.69) is 32.4 Å². The predicted octanol–water partition coefficient (Wildman–Crippen LogP) is 4.90. The van der Waals surface area contributed by atoms with Crippen LogP contribution < -0.4 is 10.1 Å². The standard InChI is InChI=1S/C19H18N4O.ClH/c1-11-10-17(23-13-4-6-14(24-3)7-5-13)18-15(20-11)8-9-16-19(18)22-12(2)21-16;/h4-10,20,23H,1-3H3;1H. The molecule has 2 heterocycles. The van der Waals surface area contributed by atoms with E-state index in [1.165, 1.54) is 0 Å². The Balaban J connectivity index is 0.00000182. The van der Waals surface area contributed by atoms with Gasteiger partial charge in [0.2, 0.25) is 0 Å². The molecule has 128 valence electrons. The number of halogens is 1. The second-order valence-corrected chi connectivity index (χ2v) is 5.85. The second-order valence-electron chi connectivity index (χ2n) is 5.85. The van der Waals surface area contributed by atoms with Crippen LogP contribution in [0.3, 0.4) is 0 Å². The number of benzene rings is 2. The first-order valence-electron chi connectivity index (χ1n) is 7.82. The first-order chi connectivity index (χ1) is 11.6. The summed E-state index contributed by atoms with van der Waals surface area (Å²) < 4.78 is 5.22. The van der Waals surface area contributed by atoms with Crippen molar-refractivity contribution in [1.82, 2.24) is 15.0 Å². The molecule has 0 radical (unpaired) electrons. The summed E-state index contributed by atoms with van der Waals surface area (Å²) in [5.74, 6) is 1.62. The molecule has 2 N–H and O–H groups in total. The number of aromatic nitrogens is 3.